The first-order chi connectivity index (χ1) is 13.4. The summed E-state index contributed by atoms with van der Waals surface area (Å²) in [5.41, 5.74) is 1.29. The molecule has 0 saturated carbocycles. The predicted octanol–water partition coefficient (Wildman–Crippen LogP) is 4.10. The van der Waals surface area contributed by atoms with Gasteiger partial charge >= 0.3 is 5.63 Å². The van der Waals surface area contributed by atoms with E-state index in [0.717, 1.165) is 0 Å². The summed E-state index contributed by atoms with van der Waals surface area (Å²) in [5, 5.41) is 0.301. The molecule has 0 bridgehead atoms. The van der Waals surface area contributed by atoms with Crippen molar-refractivity contribution in [3.05, 3.63) is 77.7 Å². The number of methoxy groups -OCH3 is 1. The van der Waals surface area contributed by atoms with Gasteiger partial charge in [0.15, 0.2) is 5.58 Å². The predicted molar refractivity (Wildman–Crippen MR) is 110 cm³/mol. The Balaban J connectivity index is 2.30. The highest BCUT2D eigenvalue weighted by Gasteiger charge is 2.21. The molecule has 0 atom stereocenters. The summed E-state index contributed by atoms with van der Waals surface area (Å²) in [4.78, 5) is 25.7. The van der Waals surface area contributed by atoms with E-state index in [9.17, 15) is 14.0 Å². The van der Waals surface area contributed by atoms with Crippen LogP contribution in [0.25, 0.3) is 11.0 Å². The zero-order valence-corrected chi connectivity index (χ0v) is 17.6. The zero-order chi connectivity index (χ0) is 20.4. The molecule has 0 saturated heterocycles. The Labute approximate surface area is 169 Å². The maximum Gasteiger partial charge on any atom is 0.339 e. The number of fused-ring (bicyclic) bond motifs is 1. The molecule has 3 aromatic rings. The number of hydrogen-bond acceptors (Lipinski definition) is 4. The third kappa shape index (κ3) is 3.69. The molecule has 7 heteroatoms. The molecule has 5 nitrogen and oxygen atoms in total. The Hall–Kier alpha value is -2.25. The summed E-state index contributed by atoms with van der Waals surface area (Å²) < 4.78 is 26.9. The fourth-order valence-corrected chi connectivity index (χ4v) is 3.80. The van der Waals surface area contributed by atoms with Crippen LogP contribution in [-0.2, 0) is 17.7 Å². The van der Waals surface area contributed by atoms with E-state index in [-0.39, 0.29) is 23.4 Å². The summed E-state index contributed by atoms with van der Waals surface area (Å²) in [7, 11) is 1.61. The highest BCUT2D eigenvalue weighted by molar-refractivity contribution is 9.10. The van der Waals surface area contributed by atoms with Gasteiger partial charge in [-0.2, -0.15) is 0 Å². The van der Waals surface area contributed by atoms with Crippen molar-refractivity contribution in [2.45, 2.75) is 33.2 Å². The molecule has 0 amide bonds. The van der Waals surface area contributed by atoms with Crippen molar-refractivity contribution >= 4 is 26.9 Å². The Morgan fingerprint density at radius 2 is 1.93 bits per heavy atom. The first-order valence-electron chi connectivity index (χ1n) is 8.94. The molecule has 0 N–H and O–H groups in total. The lowest BCUT2D eigenvalue weighted by molar-refractivity contribution is 0.190. The fraction of sp³-hybridized carbons (Fsp3) is 0.333. The summed E-state index contributed by atoms with van der Waals surface area (Å²) in [6.45, 7) is 4.37. The van der Waals surface area contributed by atoms with Crippen LogP contribution in [-0.4, -0.2) is 18.3 Å². The van der Waals surface area contributed by atoms with Gasteiger partial charge in [0.1, 0.15) is 5.82 Å². The maximum absolute atomic E-state index is 14.2. The number of halogens is 2. The van der Waals surface area contributed by atoms with E-state index >= 15 is 0 Å². The number of pyridine rings is 1. The van der Waals surface area contributed by atoms with Gasteiger partial charge in [-0.15, -0.1) is 0 Å². The second-order valence-corrected chi connectivity index (χ2v) is 7.46. The van der Waals surface area contributed by atoms with Crippen LogP contribution in [0.2, 0.25) is 0 Å². The molecule has 0 fully saturated rings. The second kappa shape index (κ2) is 8.41. The van der Waals surface area contributed by atoms with E-state index < -0.39 is 5.63 Å². The third-order valence-corrected chi connectivity index (χ3v) is 5.85. The van der Waals surface area contributed by atoms with E-state index in [1.165, 1.54) is 6.07 Å². The Morgan fingerprint density at radius 1 is 1.21 bits per heavy atom. The average Bonchev–Trinajstić information content (AvgIpc) is 2.67. The molecular weight excluding hydrogens is 429 g/mol. The van der Waals surface area contributed by atoms with Crippen molar-refractivity contribution in [2.75, 3.05) is 13.7 Å². The van der Waals surface area contributed by atoms with Gasteiger partial charge in [0.2, 0.25) is 0 Å². The lowest BCUT2D eigenvalue weighted by atomic mass is 9.98. The first kappa shape index (κ1) is 20.5. The van der Waals surface area contributed by atoms with Crippen LogP contribution in [0.3, 0.4) is 0 Å². The van der Waals surface area contributed by atoms with Crippen LogP contribution >= 0.6 is 15.9 Å². The van der Waals surface area contributed by atoms with Crippen LogP contribution in [0.4, 0.5) is 4.39 Å². The van der Waals surface area contributed by atoms with Gasteiger partial charge in [0.25, 0.3) is 5.56 Å². The zero-order valence-electron chi connectivity index (χ0n) is 16.0. The minimum absolute atomic E-state index is 0.128. The molecule has 2 aromatic heterocycles. The SMILES string of the molecule is COCCCn1c(C)c(Br)c2oc(=O)c(C)c(Cc3ccccc3F)c2c1=O. The van der Waals surface area contributed by atoms with Crippen LogP contribution in [0.5, 0.6) is 0 Å². The third-order valence-electron chi connectivity index (χ3n) is 4.92. The van der Waals surface area contributed by atoms with Gasteiger partial charge in [-0.1, -0.05) is 18.2 Å². The van der Waals surface area contributed by atoms with E-state index in [4.69, 9.17) is 9.15 Å². The van der Waals surface area contributed by atoms with E-state index in [2.05, 4.69) is 15.9 Å². The summed E-state index contributed by atoms with van der Waals surface area (Å²) in [5.74, 6) is -0.380. The van der Waals surface area contributed by atoms with E-state index in [1.54, 1.807) is 43.7 Å². The monoisotopic (exact) mass is 449 g/mol. The molecule has 1 aromatic carbocycles. The van der Waals surface area contributed by atoms with Gasteiger partial charge in [0.05, 0.1) is 9.86 Å². The van der Waals surface area contributed by atoms with Crippen LogP contribution in [0, 0.1) is 19.7 Å². The quantitative estimate of drug-likeness (QED) is 0.531. The van der Waals surface area contributed by atoms with Gasteiger partial charge in [0, 0.05) is 37.9 Å². The molecule has 2 heterocycles. The van der Waals surface area contributed by atoms with Crippen molar-refractivity contribution in [3.63, 3.8) is 0 Å². The fourth-order valence-electron chi connectivity index (χ4n) is 3.31. The smallest absolute Gasteiger partial charge is 0.339 e. The lowest BCUT2D eigenvalue weighted by Gasteiger charge is -2.16. The van der Waals surface area contributed by atoms with Gasteiger partial charge in [-0.05, 0) is 53.4 Å². The standard InChI is InChI=1S/C21H21BrFNO4/c1-12-15(11-14-7-4-5-8-16(14)23)17-19(28-21(12)26)18(22)13(2)24(20(17)25)9-6-10-27-3/h4-5,7-8H,6,9-11H2,1-3H3. The molecule has 28 heavy (non-hydrogen) atoms. The average molecular weight is 450 g/mol. The highest BCUT2D eigenvalue weighted by Crippen LogP contribution is 2.29. The van der Waals surface area contributed by atoms with E-state index in [0.29, 0.717) is 51.8 Å². The molecule has 0 radical (unpaired) electrons. The minimum atomic E-state index is -0.532. The molecule has 3 rings (SSSR count). The number of benzene rings is 1. The molecule has 0 aliphatic heterocycles. The van der Waals surface area contributed by atoms with Gasteiger partial charge < -0.3 is 13.7 Å². The van der Waals surface area contributed by atoms with Gasteiger partial charge in [-0.3, -0.25) is 4.79 Å². The molecular formula is C21H21BrFNO4. The summed E-state index contributed by atoms with van der Waals surface area (Å²) in [6.07, 6.45) is 0.789. The molecule has 0 aliphatic carbocycles. The van der Waals surface area contributed by atoms with Crippen molar-refractivity contribution < 1.29 is 13.5 Å². The van der Waals surface area contributed by atoms with Crippen LogP contribution in [0.1, 0.15) is 28.8 Å². The first-order valence-corrected chi connectivity index (χ1v) is 9.73. The number of rotatable bonds is 6. The second-order valence-electron chi connectivity index (χ2n) is 6.67. The molecule has 0 unspecified atom stereocenters. The normalized spacial score (nSPS) is 11.3. The lowest BCUT2D eigenvalue weighted by Crippen LogP contribution is -2.26. The minimum Gasteiger partial charge on any atom is -0.421 e. The Kier molecular flexibility index (Phi) is 6.15. The Bertz CT molecular complexity index is 1150. The number of nitrogens with zero attached hydrogens (tertiary/aromatic N) is 1. The molecule has 0 spiro atoms. The van der Waals surface area contributed by atoms with Crippen molar-refractivity contribution in [2.24, 2.45) is 0 Å². The topological polar surface area (TPSA) is 61.4 Å². The van der Waals surface area contributed by atoms with Crippen molar-refractivity contribution in [3.8, 4) is 0 Å². The summed E-state index contributed by atoms with van der Waals surface area (Å²) in [6, 6.07) is 6.34. The number of aromatic nitrogens is 1. The summed E-state index contributed by atoms with van der Waals surface area (Å²) >= 11 is 3.47. The number of ether oxygens (including phenoxy) is 1. The van der Waals surface area contributed by atoms with Gasteiger partial charge in [-0.25, -0.2) is 9.18 Å². The van der Waals surface area contributed by atoms with Crippen LogP contribution in [0.15, 0.2) is 42.7 Å². The van der Waals surface area contributed by atoms with Crippen molar-refractivity contribution in [1.82, 2.24) is 4.57 Å². The largest absolute Gasteiger partial charge is 0.421 e. The van der Waals surface area contributed by atoms with Crippen LogP contribution < -0.4 is 11.2 Å². The van der Waals surface area contributed by atoms with E-state index in [1.807, 2.05) is 0 Å². The number of hydrogen-bond donors (Lipinski definition) is 0. The highest BCUT2D eigenvalue weighted by atomic mass is 79.9. The Morgan fingerprint density at radius 3 is 2.61 bits per heavy atom. The molecule has 0 aliphatic rings. The molecule has 148 valence electrons. The van der Waals surface area contributed by atoms with Crippen molar-refractivity contribution in [1.29, 1.82) is 0 Å². The maximum atomic E-state index is 14.2.